The van der Waals surface area contributed by atoms with Crippen LogP contribution in [0.3, 0.4) is 0 Å². The molecular formula is C27H24N4O4S. The molecule has 0 radical (unpaired) electrons. The van der Waals surface area contributed by atoms with Crippen LogP contribution < -0.4 is 19.1 Å². The summed E-state index contributed by atoms with van der Waals surface area (Å²) >= 11 is 1.63. The number of nitrogens with zero attached hydrogens (tertiary/aromatic N) is 3. The number of nitrogens with one attached hydrogen (secondary N) is 1. The van der Waals surface area contributed by atoms with Gasteiger partial charge in [0.2, 0.25) is 5.75 Å². The van der Waals surface area contributed by atoms with Crippen molar-refractivity contribution < 1.29 is 19.0 Å². The van der Waals surface area contributed by atoms with Gasteiger partial charge in [0.15, 0.2) is 11.5 Å². The van der Waals surface area contributed by atoms with Crippen LogP contribution in [0.15, 0.2) is 65.5 Å². The maximum absolute atomic E-state index is 13.3. The molecule has 0 atom stereocenters. The van der Waals surface area contributed by atoms with Crippen molar-refractivity contribution in [3.63, 3.8) is 0 Å². The van der Waals surface area contributed by atoms with E-state index in [1.165, 1.54) is 26.2 Å². The lowest BCUT2D eigenvalue weighted by molar-refractivity contribution is 0.0989. The number of carbonyl (C=O) groups is 1. The van der Waals surface area contributed by atoms with Gasteiger partial charge in [0.05, 0.1) is 49.4 Å². The van der Waals surface area contributed by atoms with E-state index >= 15 is 0 Å². The number of hydrogen-bond donors (Lipinski definition) is 1. The van der Waals surface area contributed by atoms with Crippen molar-refractivity contribution in [2.45, 2.75) is 0 Å². The van der Waals surface area contributed by atoms with Crippen molar-refractivity contribution in [1.29, 1.82) is 0 Å². The second-order valence-electron chi connectivity index (χ2n) is 8.00. The van der Waals surface area contributed by atoms with E-state index in [0.29, 0.717) is 34.1 Å². The van der Waals surface area contributed by atoms with Crippen molar-refractivity contribution in [2.75, 3.05) is 33.3 Å². The first-order chi connectivity index (χ1) is 17.5. The van der Waals surface area contributed by atoms with E-state index in [-0.39, 0.29) is 5.91 Å². The summed E-state index contributed by atoms with van der Waals surface area (Å²) in [7, 11) is 6.30. The van der Waals surface area contributed by atoms with Crippen LogP contribution in [0.2, 0.25) is 0 Å². The Morgan fingerprint density at radius 2 is 1.69 bits per heavy atom. The zero-order valence-corrected chi connectivity index (χ0v) is 21.1. The molecule has 182 valence electrons. The Morgan fingerprint density at radius 1 is 0.917 bits per heavy atom. The average molecular weight is 501 g/mol. The number of anilines is 1. The van der Waals surface area contributed by atoms with Crippen LogP contribution in [-0.4, -0.2) is 49.2 Å². The molecule has 5 rings (SSSR count). The second kappa shape index (κ2) is 9.71. The van der Waals surface area contributed by atoms with Crippen molar-refractivity contribution in [3.8, 4) is 39.8 Å². The summed E-state index contributed by atoms with van der Waals surface area (Å²) in [6.07, 6.45) is 1.78. The van der Waals surface area contributed by atoms with E-state index in [2.05, 4.69) is 15.3 Å². The quantitative estimate of drug-likeness (QED) is 0.310. The zero-order chi connectivity index (χ0) is 25.2. The lowest BCUT2D eigenvalue weighted by atomic mass is 10.1. The van der Waals surface area contributed by atoms with Gasteiger partial charge in [0, 0.05) is 41.9 Å². The number of fused-ring (bicyclic) bond motifs is 1. The highest BCUT2D eigenvalue weighted by Gasteiger charge is 2.21. The van der Waals surface area contributed by atoms with E-state index < -0.39 is 0 Å². The van der Waals surface area contributed by atoms with Gasteiger partial charge in [-0.05, 0) is 41.8 Å². The number of methoxy groups -OCH3 is 3. The predicted molar refractivity (Wildman–Crippen MR) is 141 cm³/mol. The van der Waals surface area contributed by atoms with Crippen LogP contribution in [-0.2, 0) is 0 Å². The molecule has 4 aromatic heterocycles. The summed E-state index contributed by atoms with van der Waals surface area (Å²) < 4.78 is 16.2. The first kappa shape index (κ1) is 23.4. The zero-order valence-electron chi connectivity index (χ0n) is 20.2. The molecule has 0 spiro atoms. The molecular weight excluding hydrogens is 476 g/mol. The third-order valence-corrected chi connectivity index (χ3v) is 6.60. The lowest BCUT2D eigenvalue weighted by Crippen LogP contribution is -2.26. The molecule has 0 aliphatic carbocycles. The standard InChI is InChI=1S/C27H24N4O4S/c1-31(18-12-24(33-2)26(35-4)25(13-18)34-3)27(32)23-14-22-20(30-23)6-5-19(29-22)16-7-9-28-21(11-16)17-8-10-36-15-17/h5-15,30H,1-4H3. The minimum atomic E-state index is -0.229. The second-order valence-corrected chi connectivity index (χ2v) is 8.78. The number of amides is 1. The predicted octanol–water partition coefficient (Wildman–Crippen LogP) is 5.66. The summed E-state index contributed by atoms with van der Waals surface area (Å²) in [4.78, 5) is 27.3. The number of aromatic amines is 1. The lowest BCUT2D eigenvalue weighted by Gasteiger charge is -2.20. The number of carbonyl (C=O) groups excluding carboxylic acids is 1. The number of benzene rings is 1. The first-order valence-electron chi connectivity index (χ1n) is 11.1. The van der Waals surface area contributed by atoms with Crippen LogP contribution in [0, 0.1) is 0 Å². The topological polar surface area (TPSA) is 89.6 Å². The molecule has 1 N–H and O–H groups in total. The highest BCUT2D eigenvalue weighted by molar-refractivity contribution is 7.08. The van der Waals surface area contributed by atoms with Crippen LogP contribution in [0.5, 0.6) is 17.2 Å². The molecule has 5 aromatic rings. The monoisotopic (exact) mass is 500 g/mol. The van der Waals surface area contributed by atoms with Gasteiger partial charge in [0.1, 0.15) is 5.69 Å². The Balaban J connectivity index is 1.46. The normalized spacial score (nSPS) is 10.9. The first-order valence-corrected chi connectivity index (χ1v) is 12.0. The molecule has 8 nitrogen and oxygen atoms in total. The summed E-state index contributed by atoms with van der Waals surface area (Å²) in [5.41, 5.74) is 6.21. The number of H-pyrrole nitrogens is 1. The molecule has 0 unspecified atom stereocenters. The third kappa shape index (κ3) is 4.25. The molecule has 0 fully saturated rings. The van der Waals surface area contributed by atoms with Gasteiger partial charge in [-0.2, -0.15) is 11.3 Å². The fraction of sp³-hybridized carbons (Fsp3) is 0.148. The SMILES string of the molecule is COc1cc(N(C)C(=O)c2cc3nc(-c4ccnc(-c5ccsc5)c4)ccc3[nH]2)cc(OC)c1OC. The molecule has 0 aliphatic heterocycles. The van der Waals surface area contributed by atoms with Crippen LogP contribution in [0.4, 0.5) is 5.69 Å². The Kier molecular flexibility index (Phi) is 6.30. The fourth-order valence-corrected chi connectivity index (χ4v) is 4.65. The van der Waals surface area contributed by atoms with E-state index in [1.807, 2.05) is 35.7 Å². The van der Waals surface area contributed by atoms with Gasteiger partial charge in [-0.15, -0.1) is 0 Å². The number of thiophene rings is 1. The van der Waals surface area contributed by atoms with Crippen molar-refractivity contribution >= 4 is 34.0 Å². The maximum Gasteiger partial charge on any atom is 0.274 e. The van der Waals surface area contributed by atoms with E-state index in [4.69, 9.17) is 19.2 Å². The average Bonchev–Trinajstić information content (AvgIpc) is 3.61. The minimum absolute atomic E-state index is 0.229. The largest absolute Gasteiger partial charge is 0.493 e. The maximum atomic E-state index is 13.3. The van der Waals surface area contributed by atoms with E-state index in [1.54, 1.807) is 42.8 Å². The summed E-state index contributed by atoms with van der Waals surface area (Å²) in [6, 6.07) is 15.1. The molecule has 36 heavy (non-hydrogen) atoms. The molecule has 0 aliphatic rings. The minimum Gasteiger partial charge on any atom is -0.493 e. The Labute approximate surface area is 212 Å². The molecule has 1 amide bonds. The number of hydrogen-bond acceptors (Lipinski definition) is 7. The van der Waals surface area contributed by atoms with Crippen molar-refractivity contribution in [3.05, 3.63) is 71.2 Å². The summed E-state index contributed by atoms with van der Waals surface area (Å²) in [5.74, 6) is 1.17. The van der Waals surface area contributed by atoms with Gasteiger partial charge >= 0.3 is 0 Å². The highest BCUT2D eigenvalue weighted by atomic mass is 32.1. The van der Waals surface area contributed by atoms with Gasteiger partial charge in [0.25, 0.3) is 5.91 Å². The Hall–Kier alpha value is -4.37. The van der Waals surface area contributed by atoms with Crippen LogP contribution in [0.1, 0.15) is 10.5 Å². The molecule has 0 bridgehead atoms. The Bertz CT molecular complexity index is 1520. The number of rotatable bonds is 7. The highest BCUT2D eigenvalue weighted by Crippen LogP contribution is 2.41. The molecule has 4 heterocycles. The van der Waals surface area contributed by atoms with Crippen molar-refractivity contribution in [1.82, 2.24) is 15.0 Å². The van der Waals surface area contributed by atoms with Gasteiger partial charge < -0.3 is 24.1 Å². The van der Waals surface area contributed by atoms with Gasteiger partial charge in [-0.1, -0.05) is 0 Å². The Morgan fingerprint density at radius 3 is 2.36 bits per heavy atom. The van der Waals surface area contributed by atoms with Crippen LogP contribution in [0.25, 0.3) is 33.5 Å². The van der Waals surface area contributed by atoms with Gasteiger partial charge in [-0.25, -0.2) is 4.98 Å². The number of aromatic nitrogens is 3. The van der Waals surface area contributed by atoms with Crippen LogP contribution >= 0.6 is 11.3 Å². The molecule has 9 heteroatoms. The fourth-order valence-electron chi connectivity index (χ4n) is 4.00. The molecule has 0 saturated carbocycles. The van der Waals surface area contributed by atoms with E-state index in [9.17, 15) is 4.79 Å². The third-order valence-electron chi connectivity index (χ3n) is 5.92. The van der Waals surface area contributed by atoms with Gasteiger partial charge in [-0.3, -0.25) is 9.78 Å². The summed E-state index contributed by atoms with van der Waals surface area (Å²) in [5, 5.41) is 4.10. The number of ether oxygens (including phenoxy) is 3. The smallest absolute Gasteiger partial charge is 0.274 e. The van der Waals surface area contributed by atoms with E-state index in [0.717, 1.165) is 28.0 Å². The summed E-state index contributed by atoms with van der Waals surface area (Å²) in [6.45, 7) is 0. The molecule has 0 saturated heterocycles. The van der Waals surface area contributed by atoms with Crippen molar-refractivity contribution in [2.24, 2.45) is 0 Å². The molecule has 1 aromatic carbocycles. The number of pyridine rings is 2.